The molecule has 0 saturated carbocycles. The number of fused-ring (bicyclic) bond motifs is 1. The number of likely N-dealkylation sites (tertiary alicyclic amines) is 1. The molecule has 0 unspecified atom stereocenters. The Kier molecular flexibility index (Phi) is 5.10. The molecule has 0 aromatic carbocycles. The molecule has 2 aliphatic heterocycles. The van der Waals surface area contributed by atoms with Crippen molar-refractivity contribution in [2.75, 3.05) is 32.7 Å². The highest BCUT2D eigenvalue weighted by Gasteiger charge is 2.31. The van der Waals surface area contributed by atoms with Gasteiger partial charge in [-0.25, -0.2) is 0 Å². The van der Waals surface area contributed by atoms with Crippen LogP contribution in [0, 0.1) is 11.8 Å². The molecule has 1 aromatic rings. The smallest absolute Gasteiger partial charge is 0.252 e. The van der Waals surface area contributed by atoms with Gasteiger partial charge in [0.1, 0.15) is 0 Å². The van der Waals surface area contributed by atoms with Gasteiger partial charge in [-0.2, -0.15) is 11.3 Å². The Morgan fingerprint density at radius 1 is 1.27 bits per heavy atom. The lowest BCUT2D eigenvalue weighted by atomic mass is 9.92. The molecule has 3 rings (SSSR count). The molecule has 1 aromatic heterocycles. The monoisotopic (exact) mass is 321 g/mol. The van der Waals surface area contributed by atoms with E-state index in [1.165, 1.54) is 11.3 Å². The third-order valence-corrected chi connectivity index (χ3v) is 5.46. The van der Waals surface area contributed by atoms with Gasteiger partial charge in [0, 0.05) is 37.0 Å². The van der Waals surface area contributed by atoms with E-state index in [0.29, 0.717) is 18.5 Å². The lowest BCUT2D eigenvalue weighted by molar-refractivity contribution is -0.131. The molecule has 2 N–H and O–H groups in total. The topological polar surface area (TPSA) is 61.4 Å². The second kappa shape index (κ2) is 7.24. The zero-order chi connectivity index (χ0) is 15.4. The molecule has 2 aliphatic rings. The van der Waals surface area contributed by atoms with E-state index in [4.69, 9.17) is 0 Å². The van der Waals surface area contributed by atoms with Gasteiger partial charge < -0.3 is 15.5 Å². The SMILES string of the molecule is O=C(NCCC(=O)N1CC[C@@H]2CNC[C@@H]2CC1)c1ccsc1. The molecule has 22 heavy (non-hydrogen) atoms. The molecule has 5 nitrogen and oxygen atoms in total. The first kappa shape index (κ1) is 15.5. The fraction of sp³-hybridized carbons (Fsp3) is 0.625. The van der Waals surface area contributed by atoms with Gasteiger partial charge in [-0.05, 0) is 49.2 Å². The highest BCUT2D eigenvalue weighted by molar-refractivity contribution is 7.08. The Morgan fingerprint density at radius 2 is 2.00 bits per heavy atom. The minimum Gasteiger partial charge on any atom is -0.351 e. The van der Waals surface area contributed by atoms with Crippen molar-refractivity contribution in [3.8, 4) is 0 Å². The van der Waals surface area contributed by atoms with Crippen LogP contribution in [0.1, 0.15) is 29.6 Å². The number of carbonyl (C=O) groups excluding carboxylic acids is 2. The Bertz CT molecular complexity index is 503. The Morgan fingerprint density at radius 3 is 2.64 bits per heavy atom. The zero-order valence-electron chi connectivity index (χ0n) is 12.7. The maximum Gasteiger partial charge on any atom is 0.252 e. The lowest BCUT2D eigenvalue weighted by Crippen LogP contribution is -2.35. The van der Waals surface area contributed by atoms with Crippen molar-refractivity contribution in [2.24, 2.45) is 11.8 Å². The highest BCUT2D eigenvalue weighted by atomic mass is 32.1. The van der Waals surface area contributed by atoms with Crippen molar-refractivity contribution >= 4 is 23.2 Å². The summed E-state index contributed by atoms with van der Waals surface area (Å²) >= 11 is 1.50. The third kappa shape index (κ3) is 3.67. The van der Waals surface area contributed by atoms with Crippen LogP contribution < -0.4 is 10.6 Å². The van der Waals surface area contributed by atoms with Crippen LogP contribution in [-0.2, 0) is 4.79 Å². The predicted octanol–water partition coefficient (Wildman–Crippen LogP) is 1.33. The summed E-state index contributed by atoms with van der Waals surface area (Å²) in [7, 11) is 0. The standard InChI is InChI=1S/C16H23N3O2S/c20-15(1-5-18-16(21)14-4-8-22-11-14)19-6-2-12-9-17-10-13(12)3-7-19/h4,8,11-13,17H,1-3,5-7,9-10H2,(H,18,21)/t12-,13+. The van der Waals surface area contributed by atoms with Gasteiger partial charge in [0.15, 0.2) is 0 Å². The summed E-state index contributed by atoms with van der Waals surface area (Å²) in [6.45, 7) is 4.34. The minimum atomic E-state index is -0.0921. The second-order valence-electron chi connectivity index (χ2n) is 6.15. The largest absolute Gasteiger partial charge is 0.351 e. The van der Waals surface area contributed by atoms with Gasteiger partial charge in [0.25, 0.3) is 5.91 Å². The molecule has 0 bridgehead atoms. The molecular weight excluding hydrogens is 298 g/mol. The summed E-state index contributed by atoms with van der Waals surface area (Å²) in [4.78, 5) is 26.1. The Hall–Kier alpha value is -1.40. The second-order valence-corrected chi connectivity index (χ2v) is 6.93. The summed E-state index contributed by atoms with van der Waals surface area (Å²) in [5, 5.41) is 9.96. The van der Waals surface area contributed by atoms with E-state index in [9.17, 15) is 9.59 Å². The van der Waals surface area contributed by atoms with Crippen molar-refractivity contribution in [2.45, 2.75) is 19.3 Å². The van der Waals surface area contributed by atoms with Crippen LogP contribution >= 0.6 is 11.3 Å². The molecule has 0 radical (unpaired) electrons. The molecular formula is C16H23N3O2S. The predicted molar refractivity (Wildman–Crippen MR) is 86.9 cm³/mol. The maximum absolute atomic E-state index is 12.3. The fourth-order valence-corrected chi connectivity index (χ4v) is 4.04. The quantitative estimate of drug-likeness (QED) is 0.879. The van der Waals surface area contributed by atoms with Crippen molar-refractivity contribution in [1.29, 1.82) is 0 Å². The van der Waals surface area contributed by atoms with E-state index in [2.05, 4.69) is 10.6 Å². The zero-order valence-corrected chi connectivity index (χ0v) is 13.5. The van der Waals surface area contributed by atoms with Gasteiger partial charge in [-0.15, -0.1) is 0 Å². The summed E-state index contributed by atoms with van der Waals surface area (Å²) in [5.74, 6) is 1.54. The van der Waals surface area contributed by atoms with Crippen LogP contribution in [0.4, 0.5) is 0 Å². The molecule has 3 heterocycles. The molecule has 2 amide bonds. The Labute approximate surface area is 135 Å². The molecule has 0 aliphatic carbocycles. The number of rotatable bonds is 4. The van der Waals surface area contributed by atoms with Crippen molar-refractivity contribution in [3.63, 3.8) is 0 Å². The van der Waals surface area contributed by atoms with E-state index in [1.807, 2.05) is 15.7 Å². The van der Waals surface area contributed by atoms with Crippen molar-refractivity contribution in [1.82, 2.24) is 15.5 Å². The number of amides is 2. The third-order valence-electron chi connectivity index (χ3n) is 4.78. The van der Waals surface area contributed by atoms with E-state index < -0.39 is 0 Å². The van der Waals surface area contributed by atoms with Crippen molar-refractivity contribution < 1.29 is 9.59 Å². The summed E-state index contributed by atoms with van der Waals surface area (Å²) in [6, 6.07) is 1.80. The van der Waals surface area contributed by atoms with Gasteiger partial charge in [-0.3, -0.25) is 9.59 Å². The molecule has 2 atom stereocenters. The van der Waals surface area contributed by atoms with Crippen LogP contribution in [0.25, 0.3) is 0 Å². The minimum absolute atomic E-state index is 0.0921. The molecule has 2 fully saturated rings. The molecule has 6 heteroatoms. The summed E-state index contributed by atoms with van der Waals surface area (Å²) in [6.07, 6.45) is 2.60. The first-order chi connectivity index (χ1) is 10.7. The summed E-state index contributed by atoms with van der Waals surface area (Å²) < 4.78 is 0. The molecule has 0 spiro atoms. The number of thiophene rings is 1. The van der Waals surface area contributed by atoms with Crippen LogP contribution in [0.3, 0.4) is 0 Å². The average Bonchev–Trinajstić information content (AvgIpc) is 3.16. The van der Waals surface area contributed by atoms with Crippen LogP contribution in [0.15, 0.2) is 16.8 Å². The van der Waals surface area contributed by atoms with Gasteiger partial charge in [-0.1, -0.05) is 0 Å². The number of nitrogens with zero attached hydrogens (tertiary/aromatic N) is 1. The first-order valence-corrected chi connectivity index (χ1v) is 8.97. The highest BCUT2D eigenvalue weighted by Crippen LogP contribution is 2.27. The maximum atomic E-state index is 12.3. The number of hydrogen-bond acceptors (Lipinski definition) is 4. The Balaban J connectivity index is 1.41. The van der Waals surface area contributed by atoms with Crippen molar-refractivity contribution in [3.05, 3.63) is 22.4 Å². The normalized spacial score (nSPS) is 24.6. The summed E-state index contributed by atoms with van der Waals surface area (Å²) in [5.41, 5.74) is 0.674. The first-order valence-electron chi connectivity index (χ1n) is 8.03. The van der Waals surface area contributed by atoms with Gasteiger partial charge >= 0.3 is 0 Å². The van der Waals surface area contributed by atoms with Gasteiger partial charge in [0.05, 0.1) is 0 Å². The molecule has 120 valence electrons. The van der Waals surface area contributed by atoms with Crippen LogP contribution in [0.2, 0.25) is 0 Å². The average molecular weight is 321 g/mol. The molecule has 2 saturated heterocycles. The van der Waals surface area contributed by atoms with E-state index in [-0.39, 0.29) is 11.8 Å². The van der Waals surface area contributed by atoms with E-state index in [0.717, 1.165) is 50.9 Å². The fourth-order valence-electron chi connectivity index (χ4n) is 3.40. The van der Waals surface area contributed by atoms with Crippen LogP contribution in [0.5, 0.6) is 0 Å². The van der Waals surface area contributed by atoms with Crippen LogP contribution in [-0.4, -0.2) is 49.4 Å². The van der Waals surface area contributed by atoms with E-state index in [1.54, 1.807) is 6.07 Å². The number of nitrogens with one attached hydrogen (secondary N) is 2. The lowest BCUT2D eigenvalue weighted by Gasteiger charge is -2.21. The van der Waals surface area contributed by atoms with E-state index >= 15 is 0 Å². The number of hydrogen-bond donors (Lipinski definition) is 2. The van der Waals surface area contributed by atoms with Gasteiger partial charge in [0.2, 0.25) is 5.91 Å². The number of carbonyl (C=O) groups is 2.